The number of aromatic carboxylic acids is 1. The molecule has 0 aliphatic carbocycles. The van der Waals surface area contributed by atoms with Gasteiger partial charge in [0.1, 0.15) is 11.6 Å². The number of rotatable bonds is 8. The van der Waals surface area contributed by atoms with E-state index in [1.54, 1.807) is 37.3 Å². The molecule has 214 valence electrons. The lowest BCUT2D eigenvalue weighted by atomic mass is 9.97. The normalized spacial score (nSPS) is 16.9. The third-order valence-corrected chi connectivity index (χ3v) is 6.72. The molecule has 3 aromatic carbocycles. The van der Waals surface area contributed by atoms with E-state index in [1.807, 2.05) is 0 Å². The number of hydrogen-bond acceptors (Lipinski definition) is 6. The summed E-state index contributed by atoms with van der Waals surface area (Å²) < 4.78 is 19.0. The predicted molar refractivity (Wildman–Crippen MR) is 150 cm³/mol. The van der Waals surface area contributed by atoms with Gasteiger partial charge in [-0.15, -0.1) is 0 Å². The fourth-order valence-electron chi connectivity index (χ4n) is 4.29. The zero-order chi connectivity index (χ0) is 29.5. The van der Waals surface area contributed by atoms with Gasteiger partial charge >= 0.3 is 12.0 Å². The number of carbonyl (C=O) groups excluding carboxylic acids is 2. The van der Waals surface area contributed by atoms with Crippen molar-refractivity contribution in [1.29, 1.82) is 0 Å². The van der Waals surface area contributed by atoms with Crippen molar-refractivity contribution in [2.75, 3.05) is 20.2 Å². The second kappa shape index (κ2) is 13.1. The number of ether oxygens (including phenoxy) is 1. The number of halogens is 2. The van der Waals surface area contributed by atoms with Crippen LogP contribution in [-0.4, -0.2) is 53.9 Å². The maximum atomic E-state index is 13.7. The van der Waals surface area contributed by atoms with Crippen molar-refractivity contribution in [1.82, 2.24) is 15.5 Å². The van der Waals surface area contributed by atoms with E-state index < -0.39 is 35.7 Å². The van der Waals surface area contributed by atoms with Crippen LogP contribution in [0, 0.1) is 11.7 Å². The number of methoxy groups -OCH3 is 1. The molecule has 0 radical (unpaired) electrons. The predicted octanol–water partition coefficient (Wildman–Crippen LogP) is 4.64. The molecule has 1 fully saturated rings. The van der Waals surface area contributed by atoms with Crippen molar-refractivity contribution < 1.29 is 33.5 Å². The molecule has 0 unspecified atom stereocenters. The number of imide groups is 1. The van der Waals surface area contributed by atoms with Gasteiger partial charge in [-0.05, 0) is 66.9 Å². The van der Waals surface area contributed by atoms with Crippen LogP contribution in [0.1, 0.15) is 34.5 Å². The van der Waals surface area contributed by atoms with Crippen molar-refractivity contribution in [2.45, 2.75) is 19.4 Å². The minimum Gasteiger partial charge on any atom is -0.496 e. The SMILES string of the molecule is COc1ccc(Cl)cc1C[C@@H]1CN/C(=N\Oc2cccc(F)c2)CN(C(=O)N[C@H](C)c2ccc(C(=O)O)cc2)C1=O. The molecule has 3 amide bonds. The zero-order valence-electron chi connectivity index (χ0n) is 22.3. The van der Waals surface area contributed by atoms with Gasteiger partial charge in [-0.25, -0.2) is 14.0 Å². The van der Waals surface area contributed by atoms with Gasteiger partial charge < -0.3 is 25.3 Å². The average molecular weight is 583 g/mol. The number of carboxylic acid groups (broad SMARTS) is 1. The number of benzene rings is 3. The van der Waals surface area contributed by atoms with Crippen LogP contribution < -0.4 is 20.2 Å². The van der Waals surface area contributed by atoms with Crippen molar-refractivity contribution in [3.8, 4) is 11.5 Å². The number of oxime groups is 1. The van der Waals surface area contributed by atoms with Crippen molar-refractivity contribution in [2.24, 2.45) is 11.1 Å². The minimum atomic E-state index is -1.06. The molecule has 1 aliphatic rings. The lowest BCUT2D eigenvalue weighted by Gasteiger charge is -2.25. The van der Waals surface area contributed by atoms with E-state index in [1.165, 1.54) is 37.4 Å². The van der Waals surface area contributed by atoms with Crippen molar-refractivity contribution in [3.05, 3.63) is 94.3 Å². The summed E-state index contributed by atoms with van der Waals surface area (Å²) in [5.41, 5.74) is 1.44. The summed E-state index contributed by atoms with van der Waals surface area (Å²) in [5, 5.41) is 19.5. The number of hydrogen-bond donors (Lipinski definition) is 3. The molecular weight excluding hydrogens is 555 g/mol. The Kier molecular flexibility index (Phi) is 9.41. The lowest BCUT2D eigenvalue weighted by Crippen LogP contribution is -2.48. The summed E-state index contributed by atoms with van der Waals surface area (Å²) in [4.78, 5) is 44.7. The third kappa shape index (κ3) is 7.52. The van der Waals surface area contributed by atoms with Gasteiger partial charge in [0.2, 0.25) is 5.91 Å². The molecule has 3 aromatic rings. The molecule has 41 heavy (non-hydrogen) atoms. The highest BCUT2D eigenvalue weighted by Gasteiger charge is 2.34. The number of nitrogens with zero attached hydrogens (tertiary/aromatic N) is 2. The highest BCUT2D eigenvalue weighted by atomic mass is 35.5. The number of urea groups is 1. The van der Waals surface area contributed by atoms with Crippen LogP contribution in [0.4, 0.5) is 9.18 Å². The van der Waals surface area contributed by atoms with E-state index >= 15 is 0 Å². The molecule has 0 bridgehead atoms. The van der Waals surface area contributed by atoms with Crippen LogP contribution in [0.15, 0.2) is 71.9 Å². The largest absolute Gasteiger partial charge is 0.496 e. The average Bonchev–Trinajstić information content (AvgIpc) is 3.10. The number of carbonyl (C=O) groups is 3. The number of carboxylic acids is 1. The fraction of sp³-hybridized carbons (Fsp3) is 0.241. The van der Waals surface area contributed by atoms with E-state index in [0.29, 0.717) is 21.9 Å². The Bertz CT molecular complexity index is 1470. The van der Waals surface area contributed by atoms with Crippen molar-refractivity contribution >= 4 is 35.3 Å². The van der Waals surface area contributed by atoms with Gasteiger partial charge in [-0.3, -0.25) is 9.69 Å². The molecule has 1 heterocycles. The van der Waals surface area contributed by atoms with Crippen LogP contribution in [0.3, 0.4) is 0 Å². The highest BCUT2D eigenvalue weighted by Crippen LogP contribution is 2.27. The Balaban J connectivity index is 1.58. The van der Waals surface area contributed by atoms with Crippen LogP contribution in [0.2, 0.25) is 5.02 Å². The molecule has 3 N–H and O–H groups in total. The number of amides is 3. The second-order valence-electron chi connectivity index (χ2n) is 9.35. The Labute approximate surface area is 240 Å². The van der Waals surface area contributed by atoms with Crippen LogP contribution in [0.25, 0.3) is 0 Å². The first-order chi connectivity index (χ1) is 19.6. The Morgan fingerprint density at radius 2 is 1.95 bits per heavy atom. The topological polar surface area (TPSA) is 130 Å². The first kappa shape index (κ1) is 29.3. The Morgan fingerprint density at radius 1 is 1.20 bits per heavy atom. The fourth-order valence-corrected chi connectivity index (χ4v) is 4.48. The van der Waals surface area contributed by atoms with Crippen molar-refractivity contribution in [3.63, 3.8) is 0 Å². The maximum Gasteiger partial charge on any atom is 0.335 e. The first-order valence-electron chi connectivity index (χ1n) is 12.7. The van der Waals surface area contributed by atoms with Crippen LogP contribution in [0.5, 0.6) is 11.5 Å². The van der Waals surface area contributed by atoms with Gasteiger partial charge in [0.15, 0.2) is 11.6 Å². The van der Waals surface area contributed by atoms with E-state index in [9.17, 15) is 18.8 Å². The quantitative estimate of drug-likeness (QED) is 0.330. The van der Waals surface area contributed by atoms with E-state index in [0.717, 1.165) is 11.0 Å². The van der Waals surface area contributed by atoms with Gasteiger partial charge in [-0.2, -0.15) is 0 Å². The van der Waals surface area contributed by atoms with Gasteiger partial charge in [0, 0.05) is 17.6 Å². The van der Waals surface area contributed by atoms with E-state index in [4.69, 9.17) is 26.3 Å². The van der Waals surface area contributed by atoms with Crippen LogP contribution in [-0.2, 0) is 11.2 Å². The van der Waals surface area contributed by atoms with Gasteiger partial charge in [0.25, 0.3) is 0 Å². The molecule has 12 heteroatoms. The Morgan fingerprint density at radius 3 is 2.63 bits per heavy atom. The lowest BCUT2D eigenvalue weighted by molar-refractivity contribution is -0.131. The molecule has 0 spiro atoms. The summed E-state index contributed by atoms with van der Waals surface area (Å²) in [6.45, 7) is 1.59. The third-order valence-electron chi connectivity index (χ3n) is 6.48. The molecule has 0 aromatic heterocycles. The minimum absolute atomic E-state index is 0.111. The Hall–Kier alpha value is -4.64. The molecule has 0 saturated carbocycles. The molecule has 2 atom stereocenters. The van der Waals surface area contributed by atoms with E-state index in [-0.39, 0.29) is 36.7 Å². The number of amidine groups is 1. The van der Waals surface area contributed by atoms with Gasteiger partial charge in [0.05, 0.1) is 31.2 Å². The molecule has 10 nitrogen and oxygen atoms in total. The molecular formula is C29H28ClFN4O6. The standard InChI is InChI=1S/C29H28ClFN4O6/c1-17(18-6-8-19(9-7-18)28(37)38)33-29(39)35-16-26(34-41-24-5-3-4-23(31)14-24)32-15-21(27(35)36)12-20-13-22(30)10-11-25(20)40-2/h3-11,13-14,17,21H,12,15-16H2,1-2H3,(H,32,34)(H,33,39)(H,37,38)/t17-,21-/m1/s1. The summed E-state index contributed by atoms with van der Waals surface area (Å²) in [6, 6.07) is 15.3. The highest BCUT2D eigenvalue weighted by molar-refractivity contribution is 6.30. The monoisotopic (exact) mass is 582 g/mol. The van der Waals surface area contributed by atoms with Crippen LogP contribution >= 0.6 is 11.6 Å². The number of nitrogens with one attached hydrogen (secondary N) is 2. The molecule has 1 saturated heterocycles. The first-order valence-corrected chi connectivity index (χ1v) is 13.0. The molecule has 1 aliphatic heterocycles. The summed E-state index contributed by atoms with van der Waals surface area (Å²) in [5.74, 6) is -1.88. The summed E-state index contributed by atoms with van der Waals surface area (Å²) in [6.07, 6.45) is 0.212. The summed E-state index contributed by atoms with van der Waals surface area (Å²) >= 11 is 6.19. The van der Waals surface area contributed by atoms with E-state index in [2.05, 4.69) is 15.8 Å². The summed E-state index contributed by atoms with van der Waals surface area (Å²) in [7, 11) is 1.51. The maximum absolute atomic E-state index is 13.7. The molecule has 4 rings (SSSR count). The smallest absolute Gasteiger partial charge is 0.335 e. The zero-order valence-corrected chi connectivity index (χ0v) is 23.0. The second-order valence-corrected chi connectivity index (χ2v) is 9.78. The van der Waals surface area contributed by atoms with Gasteiger partial charge in [-0.1, -0.05) is 35.0 Å².